The number of nitrogens with zero attached hydrogens (tertiary/aromatic N) is 2. The number of hydrogen-bond acceptors (Lipinski definition) is 5. The minimum Gasteiger partial charge on any atom is -0.450 e. The molecule has 1 fully saturated rings. The second-order valence-corrected chi connectivity index (χ2v) is 8.30. The van der Waals surface area contributed by atoms with Crippen LogP contribution in [0.2, 0.25) is 0 Å². The molecule has 0 aromatic heterocycles. The molecule has 0 aromatic rings. The van der Waals surface area contributed by atoms with Gasteiger partial charge in [0.15, 0.2) is 5.96 Å². The Bertz CT molecular complexity index is 539. The molecule has 1 aliphatic heterocycles. The molecule has 2 amide bonds. The van der Waals surface area contributed by atoms with Crippen LogP contribution in [0, 0.1) is 0 Å². The predicted octanol–water partition coefficient (Wildman–Crippen LogP) is 2.60. The van der Waals surface area contributed by atoms with Crippen LogP contribution < -0.4 is 16.4 Å². The standard InChI is InChI=1S/C20H39N5O4/c1-6-8-9-16(14-22-18(26)29-20(3,4)5)24-17(21)23-15-10-12-25(13-11-15)19(27)28-7-2/h15-16H,6-14H2,1-5H3,(H,22,26)(H3,21,23,24). The molecule has 1 saturated heterocycles. The topological polar surface area (TPSA) is 118 Å². The Labute approximate surface area is 174 Å². The van der Waals surface area contributed by atoms with Crippen molar-refractivity contribution in [2.24, 2.45) is 10.7 Å². The molecule has 1 atom stereocenters. The summed E-state index contributed by atoms with van der Waals surface area (Å²) in [5.74, 6) is 0.367. The minimum atomic E-state index is -0.532. The van der Waals surface area contributed by atoms with Crippen molar-refractivity contribution in [3.63, 3.8) is 0 Å². The lowest BCUT2D eigenvalue weighted by Crippen LogP contribution is -2.48. The number of alkyl carbamates (subject to hydrolysis) is 1. The monoisotopic (exact) mass is 413 g/mol. The van der Waals surface area contributed by atoms with Gasteiger partial charge in [-0.3, -0.25) is 0 Å². The van der Waals surface area contributed by atoms with E-state index in [2.05, 4.69) is 22.5 Å². The molecule has 0 bridgehead atoms. The number of carbonyl (C=O) groups is 2. The third kappa shape index (κ3) is 10.8. The van der Waals surface area contributed by atoms with E-state index in [4.69, 9.17) is 15.2 Å². The van der Waals surface area contributed by atoms with Gasteiger partial charge in [-0.2, -0.15) is 0 Å². The van der Waals surface area contributed by atoms with Gasteiger partial charge in [-0.15, -0.1) is 0 Å². The van der Waals surface area contributed by atoms with Gasteiger partial charge in [0.2, 0.25) is 0 Å². The number of ether oxygens (including phenoxy) is 2. The fourth-order valence-electron chi connectivity index (χ4n) is 3.03. The molecule has 168 valence electrons. The van der Waals surface area contributed by atoms with E-state index >= 15 is 0 Å². The van der Waals surface area contributed by atoms with Crippen LogP contribution in [0.3, 0.4) is 0 Å². The lowest BCUT2D eigenvalue weighted by atomic mass is 10.1. The van der Waals surface area contributed by atoms with Crippen molar-refractivity contribution in [3.8, 4) is 0 Å². The third-order valence-corrected chi connectivity index (χ3v) is 4.46. The van der Waals surface area contributed by atoms with Gasteiger partial charge < -0.3 is 30.7 Å². The van der Waals surface area contributed by atoms with Crippen LogP contribution in [0.15, 0.2) is 4.99 Å². The van der Waals surface area contributed by atoms with Crippen LogP contribution in [0.25, 0.3) is 0 Å². The maximum absolute atomic E-state index is 11.9. The number of aliphatic imine (C=N–C) groups is 1. The van der Waals surface area contributed by atoms with E-state index in [1.807, 2.05) is 20.8 Å². The Morgan fingerprint density at radius 2 is 1.90 bits per heavy atom. The van der Waals surface area contributed by atoms with Crippen molar-refractivity contribution in [2.45, 2.75) is 84.4 Å². The number of piperidine rings is 1. The molecule has 0 radical (unpaired) electrons. The minimum absolute atomic E-state index is 0.0224. The number of amides is 2. The SMILES string of the molecule is CCCCC(CNC(=O)OC(C)(C)C)NC(N)=NC1CCN(C(=O)OCC)CC1. The summed E-state index contributed by atoms with van der Waals surface area (Å²) < 4.78 is 10.3. The average Bonchev–Trinajstić information content (AvgIpc) is 2.63. The van der Waals surface area contributed by atoms with Crippen molar-refractivity contribution < 1.29 is 19.1 Å². The molecule has 1 heterocycles. The summed E-state index contributed by atoms with van der Waals surface area (Å²) in [4.78, 5) is 30.0. The highest BCUT2D eigenvalue weighted by molar-refractivity contribution is 5.78. The van der Waals surface area contributed by atoms with Gasteiger partial charge in [0.25, 0.3) is 0 Å². The van der Waals surface area contributed by atoms with Crippen LogP contribution in [-0.4, -0.2) is 67.0 Å². The summed E-state index contributed by atoms with van der Waals surface area (Å²) in [6, 6.07) is 0.0460. The van der Waals surface area contributed by atoms with Crippen molar-refractivity contribution in [3.05, 3.63) is 0 Å². The van der Waals surface area contributed by atoms with E-state index in [9.17, 15) is 9.59 Å². The molecule has 29 heavy (non-hydrogen) atoms. The molecule has 1 rings (SSSR count). The maximum Gasteiger partial charge on any atom is 0.409 e. The van der Waals surface area contributed by atoms with Crippen molar-refractivity contribution >= 4 is 18.1 Å². The molecule has 9 heteroatoms. The van der Waals surface area contributed by atoms with Crippen LogP contribution in [0.1, 0.15) is 66.7 Å². The van der Waals surface area contributed by atoms with E-state index < -0.39 is 11.7 Å². The van der Waals surface area contributed by atoms with Crippen LogP contribution in [0.4, 0.5) is 9.59 Å². The van der Waals surface area contributed by atoms with Gasteiger partial charge >= 0.3 is 12.2 Å². The highest BCUT2D eigenvalue weighted by Crippen LogP contribution is 2.14. The number of carbonyl (C=O) groups excluding carboxylic acids is 2. The predicted molar refractivity (Wildman–Crippen MR) is 114 cm³/mol. The number of unbranched alkanes of at least 4 members (excludes halogenated alkanes) is 1. The van der Waals surface area contributed by atoms with Crippen LogP contribution >= 0.6 is 0 Å². The molecule has 1 unspecified atom stereocenters. The lowest BCUT2D eigenvalue weighted by molar-refractivity contribution is 0.0522. The molecular formula is C20H39N5O4. The first kappa shape index (κ1) is 24.8. The quantitative estimate of drug-likeness (QED) is 0.416. The molecule has 0 spiro atoms. The van der Waals surface area contributed by atoms with E-state index in [1.165, 1.54) is 0 Å². The first-order valence-corrected chi connectivity index (χ1v) is 10.6. The number of rotatable bonds is 8. The third-order valence-electron chi connectivity index (χ3n) is 4.46. The van der Waals surface area contributed by atoms with Gasteiger partial charge in [-0.05, 0) is 47.0 Å². The number of nitrogens with two attached hydrogens (primary N) is 1. The average molecular weight is 414 g/mol. The number of likely N-dealkylation sites (tertiary alicyclic amines) is 1. The molecule has 0 saturated carbocycles. The first-order valence-electron chi connectivity index (χ1n) is 10.6. The van der Waals surface area contributed by atoms with Gasteiger partial charge in [-0.25, -0.2) is 14.6 Å². The summed E-state index contributed by atoms with van der Waals surface area (Å²) >= 11 is 0. The lowest BCUT2D eigenvalue weighted by Gasteiger charge is -2.30. The highest BCUT2D eigenvalue weighted by atomic mass is 16.6. The Hall–Kier alpha value is -2.19. The zero-order valence-electron chi connectivity index (χ0n) is 18.6. The Balaban J connectivity index is 2.51. The van der Waals surface area contributed by atoms with Gasteiger partial charge in [0.05, 0.1) is 12.6 Å². The highest BCUT2D eigenvalue weighted by Gasteiger charge is 2.24. The molecule has 1 aliphatic rings. The Morgan fingerprint density at radius 1 is 1.24 bits per heavy atom. The van der Waals surface area contributed by atoms with Crippen LogP contribution in [-0.2, 0) is 9.47 Å². The van der Waals surface area contributed by atoms with Crippen molar-refractivity contribution in [2.75, 3.05) is 26.2 Å². The summed E-state index contributed by atoms with van der Waals surface area (Å²) in [5, 5.41) is 6.02. The fraction of sp³-hybridized carbons (Fsp3) is 0.850. The molecule has 0 aromatic carbocycles. The van der Waals surface area contributed by atoms with Crippen LogP contribution in [0.5, 0.6) is 0 Å². The molecule has 0 aliphatic carbocycles. The normalized spacial score (nSPS) is 16.9. The number of nitrogens with one attached hydrogen (secondary N) is 2. The molecular weight excluding hydrogens is 374 g/mol. The molecule has 9 nitrogen and oxygen atoms in total. The zero-order valence-corrected chi connectivity index (χ0v) is 18.6. The van der Waals surface area contributed by atoms with Gasteiger partial charge in [0, 0.05) is 25.7 Å². The second kappa shape index (κ2) is 12.4. The summed E-state index contributed by atoms with van der Waals surface area (Å²) in [6.45, 7) is 11.4. The number of hydrogen-bond donors (Lipinski definition) is 3. The second-order valence-electron chi connectivity index (χ2n) is 8.30. The van der Waals surface area contributed by atoms with Gasteiger partial charge in [0.1, 0.15) is 5.60 Å². The summed E-state index contributed by atoms with van der Waals surface area (Å²) in [7, 11) is 0. The smallest absolute Gasteiger partial charge is 0.409 e. The summed E-state index contributed by atoms with van der Waals surface area (Å²) in [6.07, 6.45) is 3.71. The van der Waals surface area contributed by atoms with E-state index in [-0.39, 0.29) is 18.2 Å². The van der Waals surface area contributed by atoms with E-state index in [0.29, 0.717) is 32.2 Å². The van der Waals surface area contributed by atoms with E-state index in [1.54, 1.807) is 11.8 Å². The number of guanidine groups is 1. The summed E-state index contributed by atoms with van der Waals surface area (Å²) in [5.41, 5.74) is 5.58. The first-order chi connectivity index (χ1) is 13.6. The fourth-order valence-corrected chi connectivity index (χ4v) is 3.03. The Morgan fingerprint density at radius 3 is 2.45 bits per heavy atom. The molecule has 4 N–H and O–H groups in total. The van der Waals surface area contributed by atoms with E-state index in [0.717, 1.165) is 32.1 Å². The maximum atomic E-state index is 11.9. The largest absolute Gasteiger partial charge is 0.450 e. The Kier molecular flexibility index (Phi) is 10.6. The zero-order chi connectivity index (χ0) is 21.9. The van der Waals surface area contributed by atoms with Gasteiger partial charge in [-0.1, -0.05) is 19.8 Å². The van der Waals surface area contributed by atoms with Crippen molar-refractivity contribution in [1.82, 2.24) is 15.5 Å². The van der Waals surface area contributed by atoms with Crippen molar-refractivity contribution in [1.29, 1.82) is 0 Å².